The molecule has 2 atom stereocenters. The van der Waals surface area contributed by atoms with Crippen LogP contribution in [0.15, 0.2) is 24.3 Å². The summed E-state index contributed by atoms with van der Waals surface area (Å²) in [6, 6.07) is 6.90. The molecule has 0 spiro atoms. The number of rotatable bonds is 5. The van der Waals surface area contributed by atoms with E-state index in [0.29, 0.717) is 5.92 Å². The predicted molar refractivity (Wildman–Crippen MR) is 64.2 cm³/mol. The second-order valence-electron chi connectivity index (χ2n) is 4.20. The molecule has 0 amide bonds. The van der Waals surface area contributed by atoms with Crippen molar-refractivity contribution in [1.29, 1.82) is 0 Å². The number of hydrogen-bond acceptors (Lipinski definition) is 1. The molecule has 1 aromatic rings. The summed E-state index contributed by atoms with van der Waals surface area (Å²) in [5.74, 6) is 0.515. The van der Waals surface area contributed by atoms with Gasteiger partial charge in [0, 0.05) is 5.69 Å². The molecular weight excluding hydrogens is 208 g/mol. The summed E-state index contributed by atoms with van der Waals surface area (Å²) in [7, 11) is 0. The summed E-state index contributed by atoms with van der Waals surface area (Å²) in [6.45, 7) is 5.77. The lowest BCUT2D eigenvalue weighted by Gasteiger charge is -2.15. The van der Waals surface area contributed by atoms with E-state index in [9.17, 15) is 8.78 Å². The molecule has 0 saturated heterocycles. The first-order chi connectivity index (χ1) is 7.54. The zero-order valence-electron chi connectivity index (χ0n) is 10.0. The molecule has 1 aromatic carbocycles. The summed E-state index contributed by atoms with van der Waals surface area (Å²) in [5.41, 5.74) is 2.00. The van der Waals surface area contributed by atoms with Crippen LogP contribution in [-0.2, 0) is 0 Å². The van der Waals surface area contributed by atoms with E-state index in [1.54, 1.807) is 0 Å². The average molecular weight is 227 g/mol. The van der Waals surface area contributed by atoms with Crippen LogP contribution in [0.2, 0.25) is 0 Å². The maximum Gasteiger partial charge on any atom is 0.258 e. The van der Waals surface area contributed by atoms with Crippen molar-refractivity contribution in [3.63, 3.8) is 0 Å². The molecule has 0 aliphatic heterocycles. The average Bonchev–Trinajstić information content (AvgIpc) is 2.28. The van der Waals surface area contributed by atoms with E-state index in [4.69, 9.17) is 0 Å². The smallest absolute Gasteiger partial charge is 0.258 e. The lowest BCUT2D eigenvalue weighted by atomic mass is 9.98. The molecular formula is C13H19F2N. The van der Waals surface area contributed by atoms with Gasteiger partial charge in [0.25, 0.3) is 6.43 Å². The second-order valence-corrected chi connectivity index (χ2v) is 4.20. The Balaban J connectivity index is 2.64. The lowest BCUT2D eigenvalue weighted by Crippen LogP contribution is -2.23. The molecule has 0 saturated carbocycles. The molecule has 0 heterocycles. The quantitative estimate of drug-likeness (QED) is 0.792. The van der Waals surface area contributed by atoms with Crippen LogP contribution in [-0.4, -0.2) is 12.5 Å². The van der Waals surface area contributed by atoms with Gasteiger partial charge < -0.3 is 5.32 Å². The predicted octanol–water partition coefficient (Wildman–Crippen LogP) is 4.27. The number of nitrogens with one attached hydrogen (secondary N) is 1. The van der Waals surface area contributed by atoms with Gasteiger partial charge in [0.2, 0.25) is 0 Å². The normalized spacial score (nSPS) is 14.9. The minimum atomic E-state index is -2.34. The van der Waals surface area contributed by atoms with Gasteiger partial charge in [0.1, 0.15) is 0 Å². The number of alkyl halides is 2. The molecule has 16 heavy (non-hydrogen) atoms. The number of anilines is 1. The van der Waals surface area contributed by atoms with E-state index in [1.807, 2.05) is 24.3 Å². The zero-order chi connectivity index (χ0) is 12.1. The van der Waals surface area contributed by atoms with Crippen molar-refractivity contribution in [2.24, 2.45) is 0 Å². The summed E-state index contributed by atoms with van der Waals surface area (Å²) in [6.07, 6.45) is -1.26. The molecule has 2 unspecified atom stereocenters. The van der Waals surface area contributed by atoms with Gasteiger partial charge in [0.05, 0.1) is 6.04 Å². The summed E-state index contributed by atoms with van der Waals surface area (Å²) in [4.78, 5) is 0. The molecule has 0 aliphatic rings. The van der Waals surface area contributed by atoms with Crippen LogP contribution in [0.25, 0.3) is 0 Å². The van der Waals surface area contributed by atoms with Gasteiger partial charge in [-0.15, -0.1) is 0 Å². The largest absolute Gasteiger partial charge is 0.377 e. The first kappa shape index (κ1) is 12.9. The van der Waals surface area contributed by atoms with Crippen molar-refractivity contribution in [3.8, 4) is 0 Å². The Kier molecular flexibility index (Phi) is 4.71. The summed E-state index contributed by atoms with van der Waals surface area (Å²) < 4.78 is 24.6. The molecule has 1 rings (SSSR count). The van der Waals surface area contributed by atoms with E-state index in [2.05, 4.69) is 19.2 Å². The third-order valence-corrected chi connectivity index (χ3v) is 2.86. The first-order valence-electron chi connectivity index (χ1n) is 5.69. The third-order valence-electron chi connectivity index (χ3n) is 2.86. The van der Waals surface area contributed by atoms with Gasteiger partial charge in [-0.3, -0.25) is 0 Å². The van der Waals surface area contributed by atoms with Crippen molar-refractivity contribution in [2.45, 2.75) is 45.6 Å². The molecule has 1 nitrogen and oxygen atoms in total. The summed E-state index contributed by atoms with van der Waals surface area (Å²) in [5, 5.41) is 2.78. The van der Waals surface area contributed by atoms with Crippen molar-refractivity contribution >= 4 is 5.69 Å². The Morgan fingerprint density at radius 1 is 1.12 bits per heavy atom. The molecule has 0 radical (unpaired) electrons. The Morgan fingerprint density at radius 3 is 2.12 bits per heavy atom. The number of hydrogen-bond donors (Lipinski definition) is 1. The van der Waals surface area contributed by atoms with Crippen LogP contribution < -0.4 is 5.32 Å². The summed E-state index contributed by atoms with van der Waals surface area (Å²) >= 11 is 0. The van der Waals surface area contributed by atoms with E-state index in [-0.39, 0.29) is 0 Å². The molecule has 0 bridgehead atoms. The highest BCUT2D eigenvalue weighted by Crippen LogP contribution is 2.21. The van der Waals surface area contributed by atoms with Crippen molar-refractivity contribution < 1.29 is 8.78 Å². The maximum absolute atomic E-state index is 12.3. The molecule has 90 valence electrons. The standard InChI is InChI=1S/C13H19F2N/c1-4-9(2)11-5-7-12(8-6-11)16-10(3)13(14)15/h5-10,13,16H,4H2,1-3H3. The monoisotopic (exact) mass is 227 g/mol. The van der Waals surface area contributed by atoms with Crippen molar-refractivity contribution in [3.05, 3.63) is 29.8 Å². The minimum absolute atomic E-state index is 0.515. The molecule has 3 heteroatoms. The van der Waals surface area contributed by atoms with Gasteiger partial charge >= 0.3 is 0 Å². The van der Waals surface area contributed by atoms with E-state index < -0.39 is 12.5 Å². The Bertz CT molecular complexity index is 308. The molecule has 0 aliphatic carbocycles. The van der Waals surface area contributed by atoms with Gasteiger partial charge in [-0.1, -0.05) is 26.0 Å². The minimum Gasteiger partial charge on any atom is -0.377 e. The van der Waals surface area contributed by atoms with Gasteiger partial charge in [0.15, 0.2) is 0 Å². The molecule has 0 aromatic heterocycles. The highest BCUT2D eigenvalue weighted by Gasteiger charge is 2.13. The maximum atomic E-state index is 12.3. The second kappa shape index (κ2) is 5.83. The van der Waals surface area contributed by atoms with Crippen LogP contribution in [0.3, 0.4) is 0 Å². The van der Waals surface area contributed by atoms with E-state index in [0.717, 1.165) is 12.1 Å². The zero-order valence-corrected chi connectivity index (χ0v) is 10.0. The SMILES string of the molecule is CCC(C)c1ccc(NC(C)C(F)F)cc1. The Hall–Kier alpha value is -1.12. The van der Waals surface area contributed by atoms with Gasteiger partial charge in [-0.25, -0.2) is 8.78 Å². The number of halogens is 2. The fourth-order valence-electron chi connectivity index (χ4n) is 1.47. The van der Waals surface area contributed by atoms with Crippen molar-refractivity contribution in [2.75, 3.05) is 5.32 Å². The van der Waals surface area contributed by atoms with Gasteiger partial charge in [-0.05, 0) is 37.0 Å². The fourth-order valence-corrected chi connectivity index (χ4v) is 1.47. The van der Waals surface area contributed by atoms with E-state index in [1.165, 1.54) is 12.5 Å². The fraction of sp³-hybridized carbons (Fsp3) is 0.538. The lowest BCUT2D eigenvalue weighted by molar-refractivity contribution is 0.131. The Labute approximate surface area is 95.9 Å². The highest BCUT2D eigenvalue weighted by atomic mass is 19.3. The first-order valence-corrected chi connectivity index (χ1v) is 5.69. The Morgan fingerprint density at radius 2 is 1.69 bits per heavy atom. The van der Waals surface area contributed by atoms with E-state index >= 15 is 0 Å². The topological polar surface area (TPSA) is 12.0 Å². The third kappa shape index (κ3) is 3.47. The number of benzene rings is 1. The van der Waals surface area contributed by atoms with Gasteiger partial charge in [-0.2, -0.15) is 0 Å². The van der Waals surface area contributed by atoms with Crippen LogP contribution >= 0.6 is 0 Å². The molecule has 0 fully saturated rings. The van der Waals surface area contributed by atoms with Crippen molar-refractivity contribution in [1.82, 2.24) is 0 Å². The van der Waals surface area contributed by atoms with Crippen LogP contribution in [0.4, 0.5) is 14.5 Å². The van der Waals surface area contributed by atoms with Crippen LogP contribution in [0.1, 0.15) is 38.7 Å². The molecule has 1 N–H and O–H groups in total. The highest BCUT2D eigenvalue weighted by molar-refractivity contribution is 5.46. The van der Waals surface area contributed by atoms with Crippen LogP contribution in [0, 0.1) is 0 Å². The van der Waals surface area contributed by atoms with Crippen LogP contribution in [0.5, 0.6) is 0 Å².